The van der Waals surface area contributed by atoms with E-state index >= 15 is 0 Å². The van der Waals surface area contributed by atoms with Gasteiger partial charge in [0.1, 0.15) is 0 Å². The van der Waals surface area contributed by atoms with Crippen molar-refractivity contribution in [3.05, 3.63) is 23.3 Å². The predicted octanol–water partition coefficient (Wildman–Crippen LogP) is 8.38. The summed E-state index contributed by atoms with van der Waals surface area (Å²) in [6.45, 7) is 15.6. The summed E-state index contributed by atoms with van der Waals surface area (Å²) in [5, 5.41) is 0. The molecule has 38 heavy (non-hydrogen) atoms. The molecule has 0 radical (unpaired) electrons. The molecule has 0 amide bonds. The molecule has 8 unspecified atom stereocenters. The quantitative estimate of drug-likeness (QED) is 0.379. The summed E-state index contributed by atoms with van der Waals surface area (Å²) < 4.78 is 5.33. The highest BCUT2D eigenvalue weighted by Gasteiger charge is 2.69. The predicted molar refractivity (Wildman–Crippen MR) is 155 cm³/mol. The lowest BCUT2D eigenvalue weighted by Gasteiger charge is -2.72. The maximum atomic E-state index is 12.3. The normalized spacial score (nSPS) is 49.5. The van der Waals surface area contributed by atoms with Gasteiger partial charge in [-0.05, 0) is 140 Å². The summed E-state index contributed by atoms with van der Waals surface area (Å²) in [5.41, 5.74) is 11.8. The van der Waals surface area contributed by atoms with Gasteiger partial charge in [0.2, 0.25) is 0 Å². The number of fused-ring (bicyclic) bond motifs is 7. The molecule has 3 heteroatoms. The Morgan fingerprint density at radius 2 is 1.68 bits per heavy atom. The Balaban J connectivity index is 1.28. The summed E-state index contributed by atoms with van der Waals surface area (Å²) in [7, 11) is 0. The van der Waals surface area contributed by atoms with Crippen LogP contribution in [0.25, 0.3) is 0 Å². The number of nitrogens with two attached hydrogens (primary N) is 1. The van der Waals surface area contributed by atoms with Crippen LogP contribution in [0, 0.1) is 51.2 Å². The summed E-state index contributed by atoms with van der Waals surface area (Å²) >= 11 is 0. The minimum absolute atomic E-state index is 0.00452. The maximum Gasteiger partial charge on any atom is 0.309 e. The van der Waals surface area contributed by atoms with Crippen molar-refractivity contribution in [2.75, 3.05) is 6.61 Å². The first-order valence-electron chi connectivity index (χ1n) is 16.3. The molecule has 0 aromatic heterocycles. The van der Waals surface area contributed by atoms with E-state index in [-0.39, 0.29) is 22.8 Å². The first-order chi connectivity index (χ1) is 17.9. The Hall–Kier alpha value is -1.09. The molecule has 6 aliphatic rings. The Morgan fingerprint density at radius 3 is 2.39 bits per heavy atom. The van der Waals surface area contributed by atoms with Gasteiger partial charge in [-0.3, -0.25) is 4.79 Å². The molecule has 6 aliphatic carbocycles. The van der Waals surface area contributed by atoms with E-state index in [1.807, 2.05) is 6.92 Å². The third kappa shape index (κ3) is 3.58. The van der Waals surface area contributed by atoms with Crippen LogP contribution in [0.2, 0.25) is 0 Å². The first kappa shape index (κ1) is 27.1. The van der Waals surface area contributed by atoms with Crippen LogP contribution in [-0.4, -0.2) is 18.1 Å². The molecular weight excluding hydrogens is 466 g/mol. The zero-order chi connectivity index (χ0) is 27.1. The van der Waals surface area contributed by atoms with E-state index in [2.05, 4.69) is 46.8 Å². The van der Waals surface area contributed by atoms with Gasteiger partial charge in [0.15, 0.2) is 0 Å². The molecule has 0 heterocycles. The Bertz CT molecular complexity index is 1040. The van der Waals surface area contributed by atoms with Gasteiger partial charge in [-0.15, -0.1) is 0 Å². The standard InChI is InChI=1S/C35H55NO2/c1-7-38-30(37)24-12-10-23(11-13-24)25-16-19-32(4)28(31(25,2)3)17-20-34(6)29(32)15-14-26-27-9-8-18-35(27,36)22-21-33(26,34)5/h10,16,24,26-29H,7-9,11-15,17-22,36H2,1-6H3/t24?,26?,27?,28?,29?,32?,33-,34?,35?/m1/s1. The molecule has 0 aromatic carbocycles. The third-order valence-corrected chi connectivity index (χ3v) is 14.4. The molecule has 0 aromatic rings. The maximum absolute atomic E-state index is 12.3. The lowest BCUT2D eigenvalue weighted by atomic mass is 9.33. The van der Waals surface area contributed by atoms with Gasteiger partial charge in [0, 0.05) is 5.54 Å². The van der Waals surface area contributed by atoms with E-state index in [1.165, 1.54) is 69.8 Å². The summed E-state index contributed by atoms with van der Waals surface area (Å²) in [5.74, 6) is 3.15. The molecule has 212 valence electrons. The van der Waals surface area contributed by atoms with Gasteiger partial charge >= 0.3 is 5.97 Å². The van der Waals surface area contributed by atoms with Crippen molar-refractivity contribution in [3.8, 4) is 0 Å². The SMILES string of the molecule is CCOC(=O)C1CC=C(C2=CCC3(C)C(CCC4(C)C3CCC3C5CCCC5(N)CC[C@]34C)C2(C)C)CC1. The fraction of sp³-hybridized carbons (Fsp3) is 0.857. The number of hydrogen-bond donors (Lipinski definition) is 1. The molecule has 0 aliphatic heterocycles. The Kier molecular flexibility index (Phi) is 6.39. The van der Waals surface area contributed by atoms with Gasteiger partial charge < -0.3 is 10.5 Å². The van der Waals surface area contributed by atoms with Crippen LogP contribution >= 0.6 is 0 Å². The molecule has 4 fully saturated rings. The number of carbonyl (C=O) groups excluding carboxylic acids is 1. The second-order valence-corrected chi connectivity index (χ2v) is 15.9. The molecule has 9 atom stereocenters. The summed E-state index contributed by atoms with van der Waals surface area (Å²) in [6, 6.07) is 0. The van der Waals surface area contributed by atoms with Crippen LogP contribution in [0.4, 0.5) is 0 Å². The molecular formula is C35H55NO2. The monoisotopic (exact) mass is 521 g/mol. The zero-order valence-electron chi connectivity index (χ0n) is 25.3. The van der Waals surface area contributed by atoms with Crippen molar-refractivity contribution in [3.63, 3.8) is 0 Å². The van der Waals surface area contributed by atoms with Crippen molar-refractivity contribution in [2.45, 2.75) is 131 Å². The largest absolute Gasteiger partial charge is 0.466 e. The van der Waals surface area contributed by atoms with Crippen molar-refractivity contribution < 1.29 is 9.53 Å². The lowest BCUT2D eigenvalue weighted by molar-refractivity contribution is -0.216. The molecule has 6 rings (SSSR count). The number of allylic oxidation sites excluding steroid dienone is 4. The second kappa shape index (κ2) is 8.95. The molecule has 0 saturated heterocycles. The van der Waals surface area contributed by atoms with Crippen LogP contribution in [0.15, 0.2) is 23.3 Å². The Labute approximate surface area is 232 Å². The van der Waals surface area contributed by atoms with Crippen molar-refractivity contribution in [1.82, 2.24) is 0 Å². The second-order valence-electron chi connectivity index (χ2n) is 15.9. The van der Waals surface area contributed by atoms with Crippen LogP contribution < -0.4 is 5.73 Å². The van der Waals surface area contributed by atoms with Gasteiger partial charge in [-0.25, -0.2) is 0 Å². The topological polar surface area (TPSA) is 52.3 Å². The third-order valence-electron chi connectivity index (χ3n) is 14.4. The van der Waals surface area contributed by atoms with Gasteiger partial charge in [-0.1, -0.05) is 53.2 Å². The molecule has 4 saturated carbocycles. The molecule has 0 bridgehead atoms. The van der Waals surface area contributed by atoms with E-state index < -0.39 is 0 Å². The number of ether oxygens (including phenoxy) is 1. The minimum Gasteiger partial charge on any atom is -0.466 e. The van der Waals surface area contributed by atoms with Crippen LogP contribution in [0.5, 0.6) is 0 Å². The highest BCUT2D eigenvalue weighted by molar-refractivity contribution is 5.73. The van der Waals surface area contributed by atoms with Gasteiger partial charge in [0.25, 0.3) is 0 Å². The van der Waals surface area contributed by atoms with E-state index in [1.54, 1.807) is 5.57 Å². The molecule has 0 spiro atoms. The average molecular weight is 522 g/mol. The van der Waals surface area contributed by atoms with Crippen LogP contribution in [-0.2, 0) is 9.53 Å². The van der Waals surface area contributed by atoms with E-state index in [9.17, 15) is 4.79 Å². The molecule has 3 nitrogen and oxygen atoms in total. The van der Waals surface area contributed by atoms with Crippen LogP contribution in [0.3, 0.4) is 0 Å². The van der Waals surface area contributed by atoms with E-state index in [4.69, 9.17) is 10.5 Å². The average Bonchev–Trinajstić information content (AvgIpc) is 3.26. The minimum atomic E-state index is -0.00452. The van der Waals surface area contributed by atoms with Gasteiger partial charge in [-0.2, -0.15) is 0 Å². The van der Waals surface area contributed by atoms with Crippen LogP contribution in [0.1, 0.15) is 125 Å². The highest BCUT2D eigenvalue weighted by atomic mass is 16.5. The lowest BCUT2D eigenvalue weighted by Crippen LogP contribution is -2.66. The number of hydrogen-bond acceptors (Lipinski definition) is 3. The van der Waals surface area contributed by atoms with E-state index in [0.717, 1.165) is 42.9 Å². The molecule has 2 N–H and O–H groups in total. The fourth-order valence-electron chi connectivity index (χ4n) is 12.3. The first-order valence-corrected chi connectivity index (χ1v) is 16.3. The fourth-order valence-corrected chi connectivity index (χ4v) is 12.3. The number of carbonyl (C=O) groups is 1. The smallest absolute Gasteiger partial charge is 0.309 e. The van der Waals surface area contributed by atoms with Crippen molar-refractivity contribution in [2.24, 2.45) is 57.0 Å². The summed E-state index contributed by atoms with van der Waals surface area (Å²) in [4.78, 5) is 12.3. The van der Waals surface area contributed by atoms with Gasteiger partial charge in [0.05, 0.1) is 12.5 Å². The summed E-state index contributed by atoms with van der Waals surface area (Å²) in [6.07, 6.45) is 21.2. The highest BCUT2D eigenvalue weighted by Crippen LogP contribution is 2.75. The zero-order valence-corrected chi connectivity index (χ0v) is 25.3. The Morgan fingerprint density at radius 1 is 0.895 bits per heavy atom. The van der Waals surface area contributed by atoms with Crippen molar-refractivity contribution >= 4 is 5.97 Å². The van der Waals surface area contributed by atoms with E-state index in [0.29, 0.717) is 22.9 Å². The number of rotatable bonds is 3. The van der Waals surface area contributed by atoms with Crippen molar-refractivity contribution in [1.29, 1.82) is 0 Å². The number of esters is 1.